The molecule has 3 atom stereocenters. The van der Waals surface area contributed by atoms with Crippen LogP contribution in [0.25, 0.3) is 0 Å². The van der Waals surface area contributed by atoms with E-state index in [1.807, 2.05) is 18.2 Å². The summed E-state index contributed by atoms with van der Waals surface area (Å²) in [4.78, 5) is 25.0. The van der Waals surface area contributed by atoms with Crippen LogP contribution in [0.5, 0.6) is 0 Å². The lowest BCUT2D eigenvalue weighted by atomic mass is 9.92. The lowest BCUT2D eigenvalue weighted by Crippen LogP contribution is -2.41. The highest BCUT2D eigenvalue weighted by Crippen LogP contribution is 2.44. The summed E-state index contributed by atoms with van der Waals surface area (Å²) >= 11 is 0. The van der Waals surface area contributed by atoms with Gasteiger partial charge in [0.1, 0.15) is 12.2 Å². The number of hydrogen-bond donors (Lipinski definition) is 4. The maximum atomic E-state index is 12.9. The molecule has 0 unspecified atom stereocenters. The number of benzene rings is 2. The van der Waals surface area contributed by atoms with Crippen molar-refractivity contribution in [3.05, 3.63) is 82.4 Å². The van der Waals surface area contributed by atoms with Gasteiger partial charge in [-0.3, -0.25) is 9.59 Å². The first kappa shape index (κ1) is 22.7. The third-order valence-corrected chi connectivity index (χ3v) is 6.57. The van der Waals surface area contributed by atoms with Gasteiger partial charge < -0.3 is 30.3 Å². The number of rotatable bonds is 6. The van der Waals surface area contributed by atoms with Crippen molar-refractivity contribution >= 4 is 11.8 Å². The van der Waals surface area contributed by atoms with Crippen LogP contribution in [0.3, 0.4) is 0 Å². The summed E-state index contributed by atoms with van der Waals surface area (Å²) in [5, 5.41) is 25.1. The molecule has 0 bridgehead atoms. The summed E-state index contributed by atoms with van der Waals surface area (Å²) in [6.45, 7) is 0.281. The van der Waals surface area contributed by atoms with Crippen LogP contribution in [0.2, 0.25) is 0 Å². The van der Waals surface area contributed by atoms with Crippen LogP contribution >= 0.6 is 0 Å². The average molecular weight is 465 g/mol. The summed E-state index contributed by atoms with van der Waals surface area (Å²) in [6, 6.07) is 15.0. The molecule has 0 radical (unpaired) electrons. The van der Waals surface area contributed by atoms with Crippen LogP contribution in [0, 0.1) is 0 Å². The summed E-state index contributed by atoms with van der Waals surface area (Å²) in [5.41, 5.74) is 4.05. The molecule has 2 aromatic carbocycles. The molecule has 1 fully saturated rings. The highest BCUT2D eigenvalue weighted by Gasteiger charge is 2.53. The third-order valence-electron chi connectivity index (χ3n) is 6.57. The predicted octanol–water partition coefficient (Wildman–Crippen LogP) is 0.995. The van der Waals surface area contributed by atoms with Crippen LogP contribution in [-0.2, 0) is 33.7 Å². The Bertz CT molecular complexity index is 1100. The molecule has 2 aliphatic carbocycles. The van der Waals surface area contributed by atoms with Crippen molar-refractivity contribution in [2.24, 2.45) is 0 Å². The van der Waals surface area contributed by atoms with Gasteiger partial charge in [-0.1, -0.05) is 36.4 Å². The molecule has 8 heteroatoms. The Labute approximate surface area is 197 Å². The van der Waals surface area contributed by atoms with Gasteiger partial charge in [0.05, 0.1) is 12.7 Å². The molecule has 8 nitrogen and oxygen atoms in total. The van der Waals surface area contributed by atoms with Gasteiger partial charge in [-0.25, -0.2) is 0 Å². The fourth-order valence-corrected chi connectivity index (χ4v) is 4.96. The zero-order chi connectivity index (χ0) is 23.7. The van der Waals surface area contributed by atoms with Gasteiger partial charge in [-0.05, 0) is 34.9 Å². The van der Waals surface area contributed by atoms with Gasteiger partial charge in [0.15, 0.2) is 5.79 Å². The van der Waals surface area contributed by atoms with Gasteiger partial charge in [0, 0.05) is 43.5 Å². The van der Waals surface area contributed by atoms with Crippen molar-refractivity contribution in [2.45, 2.75) is 49.9 Å². The van der Waals surface area contributed by atoms with E-state index in [0.29, 0.717) is 24.0 Å². The van der Waals surface area contributed by atoms with E-state index in [1.165, 1.54) is 11.1 Å². The first-order valence-electron chi connectivity index (χ1n) is 11.5. The Kier molecular flexibility index (Phi) is 6.22. The monoisotopic (exact) mass is 464 g/mol. The number of aliphatic hydroxyl groups is 2. The van der Waals surface area contributed by atoms with E-state index in [0.717, 1.165) is 5.56 Å². The maximum Gasteiger partial charge on any atom is 0.251 e. The van der Waals surface area contributed by atoms with Crippen molar-refractivity contribution in [1.82, 2.24) is 10.6 Å². The predicted molar refractivity (Wildman–Crippen MR) is 123 cm³/mol. The summed E-state index contributed by atoms with van der Waals surface area (Å²) < 4.78 is 12.5. The molecule has 1 aliphatic heterocycles. The number of carbonyl (C=O) groups is 2. The first-order valence-corrected chi connectivity index (χ1v) is 11.5. The molecule has 1 spiro atoms. The van der Waals surface area contributed by atoms with Crippen LogP contribution in [0.1, 0.15) is 33.5 Å². The van der Waals surface area contributed by atoms with E-state index in [1.54, 1.807) is 24.3 Å². The number of nitrogens with one attached hydrogen (secondary N) is 2. The van der Waals surface area contributed by atoms with Crippen molar-refractivity contribution < 1.29 is 29.3 Å². The number of carbonyl (C=O) groups excluding carboxylic acids is 2. The van der Waals surface area contributed by atoms with Crippen molar-refractivity contribution in [1.29, 1.82) is 0 Å². The molecule has 1 heterocycles. The topological polar surface area (TPSA) is 117 Å². The molecule has 0 saturated carbocycles. The zero-order valence-electron chi connectivity index (χ0n) is 18.7. The Hall–Kier alpha value is -3.04. The van der Waals surface area contributed by atoms with Crippen LogP contribution in [0.15, 0.2) is 60.2 Å². The van der Waals surface area contributed by atoms with Crippen LogP contribution in [-0.4, -0.2) is 59.3 Å². The standard InChI is InChI=1S/C26H28N2O6/c29-9-8-27-24(31)17-7-3-4-16(10-17)15-28-25(32)20-11-21(30)23-22(12-20)33-26(34-23)13-18-5-1-2-6-19(18)14-26/h1-7,10,12,21-23,29-30H,8-9,11,13-15H2,(H,27,31)(H,28,32)/t21-,22-,23+/m1/s1. The quantitative estimate of drug-likeness (QED) is 0.507. The van der Waals surface area contributed by atoms with Crippen molar-refractivity contribution in [2.75, 3.05) is 13.2 Å². The molecule has 34 heavy (non-hydrogen) atoms. The van der Waals surface area contributed by atoms with E-state index in [-0.39, 0.29) is 37.9 Å². The molecule has 3 aliphatic rings. The fraction of sp³-hybridized carbons (Fsp3) is 0.385. The molecule has 2 amide bonds. The van der Waals surface area contributed by atoms with Gasteiger partial charge in [0.2, 0.25) is 5.91 Å². The number of hydrogen-bond acceptors (Lipinski definition) is 6. The molecule has 2 aromatic rings. The van der Waals surface area contributed by atoms with Crippen LogP contribution in [0.4, 0.5) is 0 Å². The number of aliphatic hydroxyl groups excluding tert-OH is 2. The SMILES string of the molecule is O=C(NCc1cccc(C(=O)NCCO)c1)C1=C[C@H]2OC3(Cc4ccccc4C3)O[C@H]2[C@H](O)C1. The smallest absolute Gasteiger partial charge is 0.251 e. The van der Waals surface area contributed by atoms with Crippen molar-refractivity contribution in [3.8, 4) is 0 Å². The van der Waals surface area contributed by atoms with Gasteiger partial charge >= 0.3 is 0 Å². The van der Waals surface area contributed by atoms with E-state index in [4.69, 9.17) is 14.6 Å². The third kappa shape index (κ3) is 4.50. The Morgan fingerprint density at radius 1 is 1.00 bits per heavy atom. The number of ether oxygens (including phenoxy) is 2. The summed E-state index contributed by atoms with van der Waals surface area (Å²) in [5.74, 6) is -1.36. The fourth-order valence-electron chi connectivity index (χ4n) is 4.96. The second kappa shape index (κ2) is 9.31. The number of amides is 2. The molecular weight excluding hydrogens is 436 g/mol. The molecule has 1 saturated heterocycles. The molecule has 5 rings (SSSR count). The zero-order valence-corrected chi connectivity index (χ0v) is 18.7. The summed E-state index contributed by atoms with van der Waals surface area (Å²) in [6.07, 6.45) is 1.38. The largest absolute Gasteiger partial charge is 0.395 e. The lowest BCUT2D eigenvalue weighted by molar-refractivity contribution is -0.171. The van der Waals surface area contributed by atoms with Crippen LogP contribution < -0.4 is 10.6 Å². The Morgan fingerprint density at radius 3 is 2.50 bits per heavy atom. The Morgan fingerprint density at radius 2 is 1.76 bits per heavy atom. The first-order chi connectivity index (χ1) is 16.5. The molecule has 178 valence electrons. The summed E-state index contributed by atoms with van der Waals surface area (Å²) in [7, 11) is 0. The minimum absolute atomic E-state index is 0.132. The average Bonchev–Trinajstić information content (AvgIpc) is 3.39. The maximum absolute atomic E-state index is 12.9. The van der Waals surface area contributed by atoms with Gasteiger partial charge in [0.25, 0.3) is 5.91 Å². The molecule has 4 N–H and O–H groups in total. The second-order valence-corrected chi connectivity index (χ2v) is 9.02. The van der Waals surface area contributed by atoms with E-state index in [2.05, 4.69) is 22.8 Å². The van der Waals surface area contributed by atoms with Gasteiger partial charge in [-0.2, -0.15) is 0 Å². The Balaban J connectivity index is 1.22. The number of fused-ring (bicyclic) bond motifs is 2. The minimum Gasteiger partial charge on any atom is -0.395 e. The van der Waals surface area contributed by atoms with Crippen molar-refractivity contribution in [3.63, 3.8) is 0 Å². The van der Waals surface area contributed by atoms with Gasteiger partial charge in [-0.15, -0.1) is 0 Å². The van der Waals surface area contributed by atoms with E-state index >= 15 is 0 Å². The van der Waals surface area contributed by atoms with E-state index < -0.39 is 24.1 Å². The lowest BCUT2D eigenvalue weighted by Gasteiger charge is -2.26. The highest BCUT2D eigenvalue weighted by atomic mass is 16.8. The van der Waals surface area contributed by atoms with E-state index in [9.17, 15) is 14.7 Å². The highest BCUT2D eigenvalue weighted by molar-refractivity contribution is 5.95. The second-order valence-electron chi connectivity index (χ2n) is 9.02. The molecule has 0 aromatic heterocycles. The normalized spacial score (nSPS) is 24.3. The minimum atomic E-state index is -0.836. The molecular formula is C26H28N2O6.